The van der Waals surface area contributed by atoms with Gasteiger partial charge in [-0.2, -0.15) is 0 Å². The molecule has 0 radical (unpaired) electrons. The Hall–Kier alpha value is -1.43. The smallest absolute Gasteiger partial charge is 0.268 e. The summed E-state index contributed by atoms with van der Waals surface area (Å²) < 4.78 is 12.1. The number of ether oxygens (including phenoxy) is 2. The highest BCUT2D eigenvalue weighted by Crippen LogP contribution is 2.40. The van der Waals surface area contributed by atoms with Crippen LogP contribution in [-0.2, 0) is 20.9 Å². The Balaban J connectivity index is 1.75. The fourth-order valence-corrected chi connectivity index (χ4v) is 5.02. The number of nitrogens with zero attached hydrogens (tertiary/aromatic N) is 2. The summed E-state index contributed by atoms with van der Waals surface area (Å²) in [6.45, 7) is 10.1. The van der Waals surface area contributed by atoms with Gasteiger partial charge in [-0.1, -0.05) is 58.0 Å². The molecule has 2 aliphatic heterocycles. The van der Waals surface area contributed by atoms with Gasteiger partial charge in [-0.05, 0) is 37.2 Å². The fraction of sp³-hybridized carbons (Fsp3) is 0.696. The number of hydrazine groups is 1. The van der Waals surface area contributed by atoms with Crippen molar-refractivity contribution in [1.82, 2.24) is 10.0 Å². The average molecular weight is 389 g/mol. The molecule has 2 heterocycles. The molecule has 0 N–H and O–H groups in total. The molecule has 2 saturated heterocycles. The first kappa shape index (κ1) is 21.3. The standard InChI is InChI=1S/C23H36N2O3/c1-6-23(7-2,27-5)19-14-11-15-24(19)25-20(17(3)4)21(22(25)26)28-16-18-12-9-8-10-13-18/h8-10,12-13,17,19-21H,6-7,11,14-16H2,1-5H3/t19-,20+,21-/m0/s1. The second-order valence-corrected chi connectivity index (χ2v) is 8.43. The maximum absolute atomic E-state index is 13.1. The van der Waals surface area contributed by atoms with Crippen LogP contribution in [0.4, 0.5) is 0 Å². The summed E-state index contributed by atoms with van der Waals surface area (Å²) in [5.74, 6) is 0.429. The lowest BCUT2D eigenvalue weighted by Gasteiger charge is -2.55. The SMILES string of the molecule is CCC(CC)(OC)[C@@H]1CCCN1N1C(=O)[C@@H](OCc2ccccc2)[C@H]1C(C)C. The van der Waals surface area contributed by atoms with Gasteiger partial charge in [0.05, 0.1) is 24.3 Å². The quantitative estimate of drug-likeness (QED) is 0.599. The molecule has 0 aromatic heterocycles. The summed E-state index contributed by atoms with van der Waals surface area (Å²) in [6.07, 6.45) is 3.70. The number of hydrogen-bond donors (Lipinski definition) is 0. The number of methoxy groups -OCH3 is 1. The highest BCUT2D eigenvalue weighted by molar-refractivity contribution is 5.88. The highest BCUT2D eigenvalue weighted by Gasteiger charge is 2.56. The van der Waals surface area contributed by atoms with Gasteiger partial charge in [-0.3, -0.25) is 9.80 Å². The maximum Gasteiger partial charge on any atom is 0.268 e. The predicted molar refractivity (Wildman–Crippen MR) is 111 cm³/mol. The zero-order chi connectivity index (χ0) is 20.3. The molecule has 5 nitrogen and oxygen atoms in total. The van der Waals surface area contributed by atoms with Crippen molar-refractivity contribution < 1.29 is 14.3 Å². The minimum Gasteiger partial charge on any atom is -0.377 e. The molecule has 0 aliphatic carbocycles. The van der Waals surface area contributed by atoms with Crippen LogP contribution in [0.2, 0.25) is 0 Å². The zero-order valence-electron chi connectivity index (χ0n) is 18.1. The van der Waals surface area contributed by atoms with E-state index in [1.54, 1.807) is 0 Å². The Morgan fingerprint density at radius 1 is 1.18 bits per heavy atom. The van der Waals surface area contributed by atoms with Crippen LogP contribution in [0, 0.1) is 5.92 Å². The highest BCUT2D eigenvalue weighted by atomic mass is 16.5. The number of benzene rings is 1. The summed E-state index contributed by atoms with van der Waals surface area (Å²) in [5.41, 5.74) is 0.902. The van der Waals surface area contributed by atoms with Crippen molar-refractivity contribution in [3.63, 3.8) is 0 Å². The topological polar surface area (TPSA) is 42.0 Å². The van der Waals surface area contributed by atoms with Crippen LogP contribution in [0.15, 0.2) is 30.3 Å². The minimum atomic E-state index is -0.360. The Kier molecular flexibility index (Phi) is 6.79. The summed E-state index contributed by atoms with van der Waals surface area (Å²) in [7, 11) is 1.81. The molecule has 0 bridgehead atoms. The van der Waals surface area contributed by atoms with Crippen molar-refractivity contribution in [3.05, 3.63) is 35.9 Å². The number of rotatable bonds is 9. The largest absolute Gasteiger partial charge is 0.377 e. The number of hydrogen-bond acceptors (Lipinski definition) is 4. The molecule has 3 atom stereocenters. The second kappa shape index (κ2) is 8.93. The van der Waals surface area contributed by atoms with E-state index in [-0.39, 0.29) is 29.7 Å². The van der Waals surface area contributed by atoms with Crippen LogP contribution < -0.4 is 0 Å². The fourth-order valence-electron chi connectivity index (χ4n) is 5.02. The Morgan fingerprint density at radius 2 is 1.86 bits per heavy atom. The lowest BCUT2D eigenvalue weighted by atomic mass is 9.85. The van der Waals surface area contributed by atoms with E-state index in [1.165, 1.54) is 0 Å². The van der Waals surface area contributed by atoms with E-state index in [0.29, 0.717) is 12.5 Å². The molecule has 0 saturated carbocycles. The van der Waals surface area contributed by atoms with Crippen LogP contribution in [0.1, 0.15) is 58.9 Å². The van der Waals surface area contributed by atoms with Crippen molar-refractivity contribution in [1.29, 1.82) is 0 Å². The third-order valence-corrected chi connectivity index (χ3v) is 6.73. The van der Waals surface area contributed by atoms with Gasteiger partial charge in [0.1, 0.15) is 0 Å². The van der Waals surface area contributed by atoms with Crippen LogP contribution in [0.25, 0.3) is 0 Å². The van der Waals surface area contributed by atoms with E-state index in [1.807, 2.05) is 42.5 Å². The lowest BCUT2D eigenvalue weighted by molar-refractivity contribution is -0.234. The van der Waals surface area contributed by atoms with E-state index in [9.17, 15) is 4.79 Å². The third-order valence-electron chi connectivity index (χ3n) is 6.73. The number of amides is 1. The average Bonchev–Trinajstić information content (AvgIpc) is 3.18. The van der Waals surface area contributed by atoms with Gasteiger partial charge in [0.2, 0.25) is 0 Å². The molecule has 28 heavy (non-hydrogen) atoms. The van der Waals surface area contributed by atoms with Crippen molar-refractivity contribution in [2.45, 2.75) is 83.8 Å². The first-order valence-corrected chi connectivity index (χ1v) is 10.8. The van der Waals surface area contributed by atoms with E-state index in [0.717, 1.165) is 37.8 Å². The van der Waals surface area contributed by atoms with Gasteiger partial charge >= 0.3 is 0 Å². The minimum absolute atomic E-state index is 0.0834. The van der Waals surface area contributed by atoms with Gasteiger partial charge in [-0.15, -0.1) is 0 Å². The van der Waals surface area contributed by atoms with Crippen molar-refractivity contribution in [2.24, 2.45) is 5.92 Å². The van der Waals surface area contributed by atoms with Crippen LogP contribution in [0.3, 0.4) is 0 Å². The van der Waals surface area contributed by atoms with Gasteiger partial charge in [0, 0.05) is 13.7 Å². The molecule has 1 amide bonds. The van der Waals surface area contributed by atoms with Crippen LogP contribution >= 0.6 is 0 Å². The molecule has 0 spiro atoms. The van der Waals surface area contributed by atoms with E-state index in [2.05, 4.69) is 32.7 Å². The monoisotopic (exact) mass is 388 g/mol. The number of carbonyl (C=O) groups excluding carboxylic acids is 1. The van der Waals surface area contributed by atoms with E-state index < -0.39 is 0 Å². The Labute approximate surface area is 170 Å². The van der Waals surface area contributed by atoms with Gasteiger partial charge in [0.15, 0.2) is 6.10 Å². The molecular formula is C23H36N2O3. The molecule has 2 fully saturated rings. The molecule has 156 valence electrons. The molecular weight excluding hydrogens is 352 g/mol. The lowest BCUT2D eigenvalue weighted by Crippen LogP contribution is -2.74. The van der Waals surface area contributed by atoms with Gasteiger partial charge in [0.25, 0.3) is 5.91 Å². The summed E-state index contributed by atoms with van der Waals surface area (Å²) >= 11 is 0. The molecule has 1 aromatic rings. The van der Waals surface area contributed by atoms with Gasteiger partial charge < -0.3 is 9.47 Å². The van der Waals surface area contributed by atoms with Crippen molar-refractivity contribution >= 4 is 5.91 Å². The normalized spacial score (nSPS) is 26.1. The van der Waals surface area contributed by atoms with E-state index in [4.69, 9.17) is 9.47 Å². The molecule has 0 unspecified atom stereocenters. The molecule has 5 heteroatoms. The molecule has 3 rings (SSSR count). The molecule has 2 aliphatic rings. The van der Waals surface area contributed by atoms with E-state index >= 15 is 0 Å². The number of β-lactam (4-membered cyclic amide) rings is 1. The first-order valence-electron chi connectivity index (χ1n) is 10.8. The Morgan fingerprint density at radius 3 is 2.43 bits per heavy atom. The zero-order valence-corrected chi connectivity index (χ0v) is 18.1. The molecule has 1 aromatic carbocycles. The first-order chi connectivity index (χ1) is 13.5. The van der Waals surface area contributed by atoms with Crippen molar-refractivity contribution in [3.8, 4) is 0 Å². The second-order valence-electron chi connectivity index (χ2n) is 8.43. The maximum atomic E-state index is 13.1. The van der Waals surface area contributed by atoms with Gasteiger partial charge in [-0.25, -0.2) is 5.01 Å². The summed E-state index contributed by atoms with van der Waals surface area (Å²) in [6, 6.07) is 10.4. The van der Waals surface area contributed by atoms with Crippen LogP contribution in [0.5, 0.6) is 0 Å². The van der Waals surface area contributed by atoms with Crippen molar-refractivity contribution in [2.75, 3.05) is 13.7 Å². The Bertz CT molecular complexity index is 636. The van der Waals surface area contributed by atoms with Crippen LogP contribution in [-0.4, -0.2) is 53.4 Å². The summed E-state index contributed by atoms with van der Waals surface area (Å²) in [4.78, 5) is 13.1. The predicted octanol–water partition coefficient (Wildman–Crippen LogP) is 4.02. The summed E-state index contributed by atoms with van der Waals surface area (Å²) in [5, 5.41) is 4.29. The third kappa shape index (κ3) is 3.72. The number of carbonyl (C=O) groups is 1.